The summed E-state index contributed by atoms with van der Waals surface area (Å²) in [4.78, 5) is 11.2. The highest BCUT2D eigenvalue weighted by molar-refractivity contribution is 7.98. The number of phenols is 1. The number of aromatic hydroxyl groups is 1. The van der Waals surface area contributed by atoms with Crippen LogP contribution in [0.2, 0.25) is 0 Å². The summed E-state index contributed by atoms with van der Waals surface area (Å²) in [5.41, 5.74) is 4.42. The zero-order chi connectivity index (χ0) is 27.3. The Morgan fingerprint density at radius 1 is 0.921 bits per heavy atom. The Morgan fingerprint density at radius 3 is 2.24 bits per heavy atom. The molecule has 0 saturated heterocycles. The van der Waals surface area contributed by atoms with Crippen molar-refractivity contribution in [3.63, 3.8) is 0 Å². The van der Waals surface area contributed by atoms with Crippen molar-refractivity contribution in [3.05, 3.63) is 77.1 Å². The number of hydrogen-bond donors (Lipinski definition) is 2. The van der Waals surface area contributed by atoms with Crippen molar-refractivity contribution in [2.75, 3.05) is 25.2 Å². The van der Waals surface area contributed by atoms with E-state index >= 15 is 0 Å². The molecule has 0 saturated carbocycles. The minimum Gasteiger partial charge on any atom is -0.507 e. The molecule has 0 aliphatic rings. The van der Waals surface area contributed by atoms with Crippen LogP contribution in [0, 0.1) is 5.82 Å². The van der Waals surface area contributed by atoms with Gasteiger partial charge in [-0.15, -0.1) is 0 Å². The van der Waals surface area contributed by atoms with E-state index in [1.807, 2.05) is 36.0 Å². The van der Waals surface area contributed by atoms with Gasteiger partial charge in [0.2, 0.25) is 0 Å². The number of halogens is 1. The van der Waals surface area contributed by atoms with Gasteiger partial charge in [-0.2, -0.15) is 11.8 Å². The van der Waals surface area contributed by atoms with Crippen molar-refractivity contribution < 1.29 is 28.9 Å². The van der Waals surface area contributed by atoms with Crippen LogP contribution in [0.15, 0.2) is 54.6 Å². The summed E-state index contributed by atoms with van der Waals surface area (Å²) >= 11 is 1.81. The van der Waals surface area contributed by atoms with Crippen LogP contribution < -0.4 is 9.47 Å². The van der Waals surface area contributed by atoms with Gasteiger partial charge < -0.3 is 19.7 Å². The normalized spacial score (nSPS) is 10.9. The Bertz CT molecular complexity index is 1180. The van der Waals surface area contributed by atoms with Crippen molar-refractivity contribution in [1.29, 1.82) is 0 Å². The zero-order valence-corrected chi connectivity index (χ0v) is 23.0. The van der Waals surface area contributed by atoms with Crippen LogP contribution in [-0.2, 0) is 24.1 Å². The SMILES string of the molecule is CCc1cc(-c2ccc(F)cc2)c(O)cc1CCCOc1cccc(OCCCCSC)c1CCC(=O)O. The third-order valence-electron chi connectivity index (χ3n) is 6.38. The van der Waals surface area contributed by atoms with E-state index in [2.05, 4.69) is 13.2 Å². The molecule has 5 nitrogen and oxygen atoms in total. The van der Waals surface area contributed by atoms with Gasteiger partial charge in [-0.1, -0.05) is 25.1 Å². The van der Waals surface area contributed by atoms with E-state index in [9.17, 15) is 19.4 Å². The fourth-order valence-corrected chi connectivity index (χ4v) is 4.86. The minimum absolute atomic E-state index is 0.00273. The van der Waals surface area contributed by atoms with Crippen molar-refractivity contribution >= 4 is 17.7 Å². The van der Waals surface area contributed by atoms with Crippen LogP contribution in [0.4, 0.5) is 4.39 Å². The molecule has 38 heavy (non-hydrogen) atoms. The summed E-state index contributed by atoms with van der Waals surface area (Å²) in [6.07, 6.45) is 6.68. The van der Waals surface area contributed by atoms with Crippen molar-refractivity contribution in [3.8, 4) is 28.4 Å². The second-order valence-corrected chi connectivity index (χ2v) is 10.1. The Balaban J connectivity index is 1.65. The van der Waals surface area contributed by atoms with Crippen LogP contribution in [0.3, 0.4) is 0 Å². The number of thioether (sulfide) groups is 1. The van der Waals surface area contributed by atoms with E-state index in [0.29, 0.717) is 36.7 Å². The quantitative estimate of drug-likeness (QED) is 0.186. The lowest BCUT2D eigenvalue weighted by Gasteiger charge is -2.17. The lowest BCUT2D eigenvalue weighted by molar-refractivity contribution is -0.136. The lowest BCUT2D eigenvalue weighted by atomic mass is 9.94. The number of ether oxygens (including phenoxy) is 2. The topological polar surface area (TPSA) is 76.0 Å². The number of carboxylic acids is 1. The summed E-state index contributed by atoms with van der Waals surface area (Å²) in [6.45, 7) is 3.10. The molecule has 0 amide bonds. The van der Waals surface area contributed by atoms with E-state index in [1.54, 1.807) is 18.2 Å². The minimum atomic E-state index is -0.860. The first kappa shape index (κ1) is 29.4. The number of hydrogen-bond acceptors (Lipinski definition) is 5. The Kier molecular flexibility index (Phi) is 11.8. The molecule has 3 aromatic rings. The van der Waals surface area contributed by atoms with Crippen molar-refractivity contribution in [2.24, 2.45) is 0 Å². The molecule has 0 spiro atoms. The zero-order valence-electron chi connectivity index (χ0n) is 22.2. The third-order valence-corrected chi connectivity index (χ3v) is 7.08. The standard InChI is InChI=1S/C31H37FO5S/c1-3-22-20-27(23-11-13-25(32)14-12-23)28(33)21-24(22)8-7-18-37-30-10-6-9-29(26(30)15-16-31(34)35)36-17-4-5-19-38-2/h6,9-14,20-21,33H,3-5,7-8,15-19H2,1-2H3,(H,34,35). The first-order valence-corrected chi connectivity index (χ1v) is 14.5. The van der Waals surface area contributed by atoms with Gasteiger partial charge in [-0.25, -0.2) is 4.39 Å². The number of aryl methyl sites for hydroxylation is 2. The molecular weight excluding hydrogens is 503 g/mol. The molecule has 204 valence electrons. The summed E-state index contributed by atoms with van der Waals surface area (Å²) in [5.74, 6) is 1.42. The highest BCUT2D eigenvalue weighted by atomic mass is 32.2. The Morgan fingerprint density at radius 2 is 1.61 bits per heavy atom. The monoisotopic (exact) mass is 540 g/mol. The van der Waals surface area contributed by atoms with Gasteiger partial charge in [0.25, 0.3) is 0 Å². The predicted octanol–water partition coefficient (Wildman–Crippen LogP) is 7.31. The number of carboxylic acid groups (broad SMARTS) is 1. The molecule has 0 aromatic heterocycles. The Hall–Kier alpha value is -3.19. The largest absolute Gasteiger partial charge is 0.507 e. The van der Waals surface area contributed by atoms with Gasteiger partial charge in [0.1, 0.15) is 23.1 Å². The summed E-state index contributed by atoms with van der Waals surface area (Å²) < 4.78 is 25.4. The molecule has 0 bridgehead atoms. The highest BCUT2D eigenvalue weighted by Crippen LogP contribution is 2.34. The van der Waals surface area contributed by atoms with E-state index in [-0.39, 0.29) is 18.0 Å². The molecule has 0 aliphatic heterocycles. The maximum atomic E-state index is 13.3. The number of carbonyl (C=O) groups is 1. The van der Waals surface area contributed by atoms with Gasteiger partial charge in [0, 0.05) is 17.5 Å². The average Bonchev–Trinajstić information content (AvgIpc) is 2.91. The lowest BCUT2D eigenvalue weighted by Crippen LogP contribution is -2.07. The second-order valence-electron chi connectivity index (χ2n) is 9.13. The maximum absolute atomic E-state index is 13.3. The number of phenolic OH excluding ortho intramolecular Hbond substituents is 1. The van der Waals surface area contributed by atoms with E-state index < -0.39 is 5.97 Å². The molecule has 3 rings (SSSR count). The molecule has 0 fully saturated rings. The smallest absolute Gasteiger partial charge is 0.303 e. The third kappa shape index (κ3) is 8.69. The van der Waals surface area contributed by atoms with Gasteiger partial charge in [-0.3, -0.25) is 4.79 Å². The van der Waals surface area contributed by atoms with Crippen molar-refractivity contribution in [2.45, 2.75) is 51.9 Å². The molecule has 3 aromatic carbocycles. The van der Waals surface area contributed by atoms with Crippen molar-refractivity contribution in [1.82, 2.24) is 0 Å². The van der Waals surface area contributed by atoms with E-state index in [1.165, 1.54) is 12.1 Å². The van der Waals surface area contributed by atoms with Gasteiger partial charge in [-0.05, 0) is 104 Å². The second kappa shape index (κ2) is 15.3. The molecule has 0 radical (unpaired) electrons. The van der Waals surface area contributed by atoms with E-state index in [4.69, 9.17) is 9.47 Å². The summed E-state index contributed by atoms with van der Waals surface area (Å²) in [6, 6.07) is 15.5. The molecular formula is C31H37FO5S. The first-order valence-electron chi connectivity index (χ1n) is 13.1. The van der Waals surface area contributed by atoms with Crippen LogP contribution in [0.25, 0.3) is 11.1 Å². The van der Waals surface area contributed by atoms with Crippen LogP contribution in [0.1, 0.15) is 49.3 Å². The number of aliphatic carboxylic acids is 1. The molecule has 0 heterocycles. The predicted molar refractivity (Wildman–Crippen MR) is 152 cm³/mol. The highest BCUT2D eigenvalue weighted by Gasteiger charge is 2.14. The molecule has 0 unspecified atom stereocenters. The Labute approximate surface area is 229 Å². The van der Waals surface area contributed by atoms with E-state index in [0.717, 1.165) is 60.1 Å². The first-order chi connectivity index (χ1) is 18.4. The molecule has 0 atom stereocenters. The van der Waals surface area contributed by atoms with Crippen LogP contribution >= 0.6 is 11.8 Å². The van der Waals surface area contributed by atoms with Crippen LogP contribution in [0.5, 0.6) is 17.2 Å². The number of rotatable bonds is 16. The van der Waals surface area contributed by atoms with Gasteiger partial charge in [0.05, 0.1) is 13.2 Å². The fraction of sp³-hybridized carbons (Fsp3) is 0.387. The maximum Gasteiger partial charge on any atom is 0.303 e. The van der Waals surface area contributed by atoms with Gasteiger partial charge in [0.15, 0.2) is 0 Å². The fourth-order valence-electron chi connectivity index (χ4n) is 4.37. The molecule has 2 N–H and O–H groups in total. The summed E-state index contributed by atoms with van der Waals surface area (Å²) in [5, 5.41) is 19.9. The number of benzene rings is 3. The average molecular weight is 541 g/mol. The molecule has 7 heteroatoms. The number of unbranched alkanes of at least 4 members (excludes halogenated alkanes) is 1. The summed E-state index contributed by atoms with van der Waals surface area (Å²) in [7, 11) is 0. The van der Waals surface area contributed by atoms with Gasteiger partial charge >= 0.3 is 5.97 Å². The molecule has 0 aliphatic carbocycles. The van der Waals surface area contributed by atoms with Crippen LogP contribution in [-0.4, -0.2) is 41.4 Å².